The van der Waals surface area contributed by atoms with Crippen LogP contribution in [0.4, 0.5) is 0 Å². The highest BCUT2D eigenvalue weighted by Crippen LogP contribution is 2.18. The highest BCUT2D eigenvalue weighted by atomic mass is 35.5. The SMILES string of the molecule is Cc1ccoc1C(=O)Cc1ccccc1Cl. The summed E-state index contributed by atoms with van der Waals surface area (Å²) in [6, 6.07) is 9.11. The molecule has 2 nitrogen and oxygen atoms in total. The van der Waals surface area contributed by atoms with E-state index in [0.29, 0.717) is 10.8 Å². The second kappa shape index (κ2) is 4.54. The molecule has 0 aliphatic rings. The van der Waals surface area contributed by atoms with Crippen LogP contribution in [0.3, 0.4) is 0 Å². The van der Waals surface area contributed by atoms with E-state index < -0.39 is 0 Å². The summed E-state index contributed by atoms with van der Waals surface area (Å²) in [4.78, 5) is 11.9. The molecule has 2 rings (SSSR count). The normalized spacial score (nSPS) is 10.4. The van der Waals surface area contributed by atoms with Crippen LogP contribution < -0.4 is 0 Å². The zero-order valence-corrected chi connectivity index (χ0v) is 9.62. The first-order chi connectivity index (χ1) is 7.68. The van der Waals surface area contributed by atoms with Gasteiger partial charge in [-0.3, -0.25) is 4.79 Å². The average molecular weight is 235 g/mol. The van der Waals surface area contributed by atoms with Crippen molar-refractivity contribution in [2.45, 2.75) is 13.3 Å². The molecule has 0 saturated carbocycles. The molecular weight excluding hydrogens is 224 g/mol. The monoisotopic (exact) mass is 234 g/mol. The Morgan fingerprint density at radius 2 is 2.06 bits per heavy atom. The molecule has 0 N–H and O–H groups in total. The summed E-state index contributed by atoms with van der Waals surface area (Å²) >= 11 is 5.99. The maximum Gasteiger partial charge on any atom is 0.202 e. The number of carbonyl (C=O) groups excluding carboxylic acids is 1. The Labute approximate surface area is 98.8 Å². The first-order valence-electron chi connectivity index (χ1n) is 4.99. The molecule has 16 heavy (non-hydrogen) atoms. The molecule has 0 spiro atoms. The number of aryl methyl sites for hydroxylation is 1. The largest absolute Gasteiger partial charge is 0.461 e. The molecular formula is C13H11ClO2. The van der Waals surface area contributed by atoms with Crippen molar-refractivity contribution in [3.8, 4) is 0 Å². The number of hydrogen-bond acceptors (Lipinski definition) is 2. The van der Waals surface area contributed by atoms with Gasteiger partial charge in [-0.1, -0.05) is 29.8 Å². The van der Waals surface area contributed by atoms with Crippen LogP contribution in [0, 0.1) is 6.92 Å². The van der Waals surface area contributed by atoms with Gasteiger partial charge in [0, 0.05) is 11.4 Å². The molecule has 1 aromatic heterocycles. The van der Waals surface area contributed by atoms with Crippen molar-refractivity contribution in [3.63, 3.8) is 0 Å². The van der Waals surface area contributed by atoms with Gasteiger partial charge in [0.1, 0.15) is 0 Å². The third kappa shape index (κ3) is 2.17. The minimum absolute atomic E-state index is 0.0457. The summed E-state index contributed by atoms with van der Waals surface area (Å²) in [6.07, 6.45) is 1.79. The molecule has 0 saturated heterocycles. The second-order valence-corrected chi connectivity index (χ2v) is 4.03. The summed E-state index contributed by atoms with van der Waals surface area (Å²) in [5.74, 6) is 0.371. The smallest absolute Gasteiger partial charge is 0.202 e. The van der Waals surface area contributed by atoms with Gasteiger partial charge in [0.25, 0.3) is 0 Å². The van der Waals surface area contributed by atoms with Crippen molar-refractivity contribution in [2.75, 3.05) is 0 Å². The number of ketones is 1. The molecule has 0 atom stereocenters. The van der Waals surface area contributed by atoms with Crippen LogP contribution in [0.2, 0.25) is 5.02 Å². The van der Waals surface area contributed by atoms with E-state index in [1.54, 1.807) is 12.1 Å². The Morgan fingerprint density at radius 1 is 1.31 bits per heavy atom. The van der Waals surface area contributed by atoms with Crippen molar-refractivity contribution in [3.05, 3.63) is 58.5 Å². The lowest BCUT2D eigenvalue weighted by Gasteiger charge is -2.02. The van der Waals surface area contributed by atoms with Gasteiger partial charge in [0.05, 0.1) is 6.26 Å². The maximum absolute atomic E-state index is 11.9. The van der Waals surface area contributed by atoms with E-state index in [1.165, 1.54) is 6.26 Å². The highest BCUT2D eigenvalue weighted by molar-refractivity contribution is 6.31. The summed E-state index contributed by atoms with van der Waals surface area (Å²) in [5, 5.41) is 0.611. The zero-order valence-electron chi connectivity index (χ0n) is 8.87. The topological polar surface area (TPSA) is 30.2 Å². The Bertz CT molecular complexity index is 514. The van der Waals surface area contributed by atoms with Crippen molar-refractivity contribution < 1.29 is 9.21 Å². The Morgan fingerprint density at radius 3 is 2.69 bits per heavy atom. The van der Waals surface area contributed by atoms with E-state index >= 15 is 0 Å². The first kappa shape index (κ1) is 11.0. The molecule has 0 amide bonds. The van der Waals surface area contributed by atoms with Crippen molar-refractivity contribution in [1.82, 2.24) is 0 Å². The van der Waals surface area contributed by atoms with Crippen molar-refractivity contribution >= 4 is 17.4 Å². The number of rotatable bonds is 3. The van der Waals surface area contributed by atoms with E-state index in [0.717, 1.165) is 11.1 Å². The Kier molecular flexibility index (Phi) is 3.11. The van der Waals surface area contributed by atoms with E-state index in [4.69, 9.17) is 16.0 Å². The predicted molar refractivity (Wildman–Crippen MR) is 62.9 cm³/mol. The Balaban J connectivity index is 2.21. The molecule has 0 aliphatic heterocycles. The average Bonchev–Trinajstić information content (AvgIpc) is 2.68. The van der Waals surface area contributed by atoms with Gasteiger partial charge in [-0.2, -0.15) is 0 Å². The highest BCUT2D eigenvalue weighted by Gasteiger charge is 2.14. The fourth-order valence-corrected chi connectivity index (χ4v) is 1.76. The summed E-state index contributed by atoms with van der Waals surface area (Å²) in [6.45, 7) is 1.85. The standard InChI is InChI=1S/C13H11ClO2/c1-9-6-7-16-13(9)12(15)8-10-4-2-3-5-11(10)14/h2-7H,8H2,1H3. The first-order valence-corrected chi connectivity index (χ1v) is 5.37. The molecule has 2 aromatic rings. The summed E-state index contributed by atoms with van der Waals surface area (Å²) in [7, 11) is 0. The maximum atomic E-state index is 11.9. The van der Waals surface area contributed by atoms with Gasteiger partial charge in [-0.05, 0) is 30.2 Å². The van der Waals surface area contributed by atoms with E-state index in [1.807, 2.05) is 25.1 Å². The molecule has 0 bridgehead atoms. The van der Waals surface area contributed by atoms with E-state index in [9.17, 15) is 4.79 Å². The summed E-state index contributed by atoms with van der Waals surface area (Å²) < 4.78 is 5.15. The molecule has 1 heterocycles. The summed E-state index contributed by atoms with van der Waals surface area (Å²) in [5.41, 5.74) is 1.68. The molecule has 0 unspecified atom stereocenters. The third-order valence-electron chi connectivity index (χ3n) is 2.42. The number of Topliss-reactive ketones (excluding diaryl/α,β-unsaturated/α-hetero) is 1. The molecule has 0 radical (unpaired) electrons. The van der Waals surface area contributed by atoms with Crippen LogP contribution in [0.5, 0.6) is 0 Å². The Hall–Kier alpha value is -1.54. The van der Waals surface area contributed by atoms with Crippen LogP contribution in [-0.4, -0.2) is 5.78 Å². The minimum Gasteiger partial charge on any atom is -0.461 e. The van der Waals surface area contributed by atoms with Crippen LogP contribution >= 0.6 is 11.6 Å². The second-order valence-electron chi connectivity index (χ2n) is 3.62. The molecule has 0 fully saturated rings. The van der Waals surface area contributed by atoms with Crippen molar-refractivity contribution in [2.24, 2.45) is 0 Å². The van der Waals surface area contributed by atoms with Gasteiger partial charge >= 0.3 is 0 Å². The molecule has 0 aliphatic carbocycles. The van der Waals surface area contributed by atoms with Gasteiger partial charge in [0.2, 0.25) is 5.78 Å². The lowest BCUT2D eigenvalue weighted by molar-refractivity contribution is 0.0965. The minimum atomic E-state index is -0.0457. The van der Waals surface area contributed by atoms with Crippen LogP contribution in [0.1, 0.15) is 21.7 Å². The number of benzene rings is 1. The van der Waals surface area contributed by atoms with Gasteiger partial charge in [-0.15, -0.1) is 0 Å². The third-order valence-corrected chi connectivity index (χ3v) is 2.79. The molecule has 3 heteroatoms. The van der Waals surface area contributed by atoms with Crippen LogP contribution in [0.15, 0.2) is 41.0 Å². The molecule has 1 aromatic carbocycles. The van der Waals surface area contributed by atoms with Gasteiger partial charge in [-0.25, -0.2) is 0 Å². The predicted octanol–water partition coefficient (Wildman–Crippen LogP) is 3.67. The van der Waals surface area contributed by atoms with Gasteiger partial charge in [0.15, 0.2) is 5.76 Å². The van der Waals surface area contributed by atoms with E-state index in [2.05, 4.69) is 0 Å². The lowest BCUT2D eigenvalue weighted by Crippen LogP contribution is -2.04. The quantitative estimate of drug-likeness (QED) is 0.759. The number of halogens is 1. The number of carbonyl (C=O) groups is 1. The van der Waals surface area contributed by atoms with Gasteiger partial charge < -0.3 is 4.42 Å². The molecule has 82 valence electrons. The van der Waals surface area contributed by atoms with Crippen LogP contribution in [0.25, 0.3) is 0 Å². The number of furan rings is 1. The fourth-order valence-electron chi connectivity index (χ4n) is 1.55. The zero-order chi connectivity index (χ0) is 11.5. The lowest BCUT2D eigenvalue weighted by atomic mass is 10.1. The number of hydrogen-bond donors (Lipinski definition) is 0. The van der Waals surface area contributed by atoms with Crippen LogP contribution in [-0.2, 0) is 6.42 Å². The van der Waals surface area contributed by atoms with E-state index in [-0.39, 0.29) is 12.2 Å². The van der Waals surface area contributed by atoms with Crippen molar-refractivity contribution in [1.29, 1.82) is 0 Å². The fraction of sp³-hybridized carbons (Fsp3) is 0.154.